The van der Waals surface area contributed by atoms with Gasteiger partial charge in [0.05, 0.1) is 23.2 Å². The van der Waals surface area contributed by atoms with E-state index >= 15 is 0 Å². The van der Waals surface area contributed by atoms with Gasteiger partial charge < -0.3 is 10.4 Å². The Labute approximate surface area is 157 Å². The lowest BCUT2D eigenvalue weighted by atomic mass is 9.82. The average Bonchev–Trinajstić information content (AvgIpc) is 3.33. The van der Waals surface area contributed by atoms with E-state index in [-0.39, 0.29) is 17.7 Å². The first-order valence-electron chi connectivity index (χ1n) is 9.26. The fraction of sp³-hybridized carbons (Fsp3) is 0.381. The van der Waals surface area contributed by atoms with Crippen LogP contribution in [0, 0.1) is 37.5 Å². The van der Waals surface area contributed by atoms with Crippen molar-refractivity contribution in [2.75, 3.05) is 0 Å². The standard InChI is InChI=1S/C21H23N3O3/c1-12-9-13(2)24(23-12)17-6-4-3-5-16(17)11-22-20(25)18-14-7-8-15(10-14)19(18)21(26)27/h3-9,14-15,18-19H,10-11H2,1-2H3,(H,22,25)(H,26,27). The summed E-state index contributed by atoms with van der Waals surface area (Å²) < 4.78 is 1.87. The fourth-order valence-corrected chi connectivity index (χ4v) is 4.56. The van der Waals surface area contributed by atoms with Crippen LogP contribution in [-0.4, -0.2) is 26.8 Å². The molecule has 0 spiro atoms. The number of amides is 1. The highest BCUT2D eigenvalue weighted by atomic mass is 16.4. The minimum Gasteiger partial charge on any atom is -0.481 e. The van der Waals surface area contributed by atoms with Gasteiger partial charge in [-0.25, -0.2) is 4.68 Å². The van der Waals surface area contributed by atoms with E-state index in [1.54, 1.807) is 0 Å². The number of benzene rings is 1. The van der Waals surface area contributed by atoms with Crippen LogP contribution in [0.25, 0.3) is 5.69 Å². The second kappa shape index (κ2) is 6.68. The molecule has 0 aliphatic heterocycles. The molecule has 4 unspecified atom stereocenters. The summed E-state index contributed by atoms with van der Waals surface area (Å²) in [6.07, 6.45) is 4.71. The minimum atomic E-state index is -0.880. The molecule has 27 heavy (non-hydrogen) atoms. The van der Waals surface area contributed by atoms with Crippen LogP contribution in [-0.2, 0) is 16.1 Å². The Balaban J connectivity index is 1.53. The second-order valence-electron chi connectivity index (χ2n) is 7.52. The van der Waals surface area contributed by atoms with E-state index in [2.05, 4.69) is 10.4 Å². The number of para-hydroxylation sites is 1. The summed E-state index contributed by atoms with van der Waals surface area (Å²) in [4.78, 5) is 24.4. The Morgan fingerprint density at radius 2 is 1.89 bits per heavy atom. The smallest absolute Gasteiger partial charge is 0.307 e. The first kappa shape index (κ1) is 17.5. The van der Waals surface area contributed by atoms with Gasteiger partial charge in [0.25, 0.3) is 0 Å². The molecule has 2 aliphatic carbocycles. The van der Waals surface area contributed by atoms with Crippen molar-refractivity contribution in [3.8, 4) is 5.69 Å². The number of aromatic nitrogens is 2. The van der Waals surface area contributed by atoms with Crippen molar-refractivity contribution in [1.82, 2.24) is 15.1 Å². The summed E-state index contributed by atoms with van der Waals surface area (Å²) in [5.41, 5.74) is 3.83. The highest BCUT2D eigenvalue weighted by Crippen LogP contribution is 2.48. The summed E-state index contributed by atoms with van der Waals surface area (Å²) >= 11 is 0. The molecule has 1 fully saturated rings. The number of aliphatic carboxylic acids is 1. The van der Waals surface area contributed by atoms with E-state index in [4.69, 9.17) is 0 Å². The maximum Gasteiger partial charge on any atom is 0.307 e. The maximum absolute atomic E-state index is 12.8. The van der Waals surface area contributed by atoms with Crippen molar-refractivity contribution in [2.24, 2.45) is 23.7 Å². The lowest BCUT2D eigenvalue weighted by Crippen LogP contribution is -2.40. The van der Waals surface area contributed by atoms with Crippen LogP contribution in [0.3, 0.4) is 0 Å². The number of carboxylic acid groups (broad SMARTS) is 1. The number of nitrogens with zero attached hydrogens (tertiary/aromatic N) is 2. The molecular weight excluding hydrogens is 342 g/mol. The van der Waals surface area contributed by atoms with E-state index < -0.39 is 17.8 Å². The monoisotopic (exact) mass is 365 g/mol. The number of rotatable bonds is 5. The third-order valence-corrected chi connectivity index (χ3v) is 5.73. The number of fused-ring (bicyclic) bond motifs is 2. The first-order chi connectivity index (χ1) is 13.0. The lowest BCUT2D eigenvalue weighted by Gasteiger charge is -2.24. The molecule has 140 valence electrons. The molecule has 2 N–H and O–H groups in total. The zero-order chi connectivity index (χ0) is 19.1. The molecule has 2 bridgehead atoms. The third-order valence-electron chi connectivity index (χ3n) is 5.73. The number of allylic oxidation sites excluding steroid dienone is 2. The van der Waals surface area contributed by atoms with Crippen LogP contribution in [0.5, 0.6) is 0 Å². The summed E-state index contributed by atoms with van der Waals surface area (Å²) in [6, 6.07) is 9.81. The topological polar surface area (TPSA) is 84.2 Å². The van der Waals surface area contributed by atoms with Crippen molar-refractivity contribution in [3.05, 3.63) is 59.4 Å². The summed E-state index contributed by atoms with van der Waals surface area (Å²) in [5.74, 6) is -2.16. The molecule has 2 aliphatic rings. The third kappa shape index (κ3) is 3.05. The van der Waals surface area contributed by atoms with Gasteiger partial charge in [-0.1, -0.05) is 30.4 Å². The summed E-state index contributed by atoms with van der Waals surface area (Å²) in [6.45, 7) is 4.29. The lowest BCUT2D eigenvalue weighted by molar-refractivity contribution is -0.147. The molecular formula is C21H23N3O3. The summed E-state index contributed by atoms with van der Waals surface area (Å²) in [5, 5.41) is 17.0. The van der Waals surface area contributed by atoms with Gasteiger partial charge in [0.15, 0.2) is 0 Å². The molecule has 1 saturated carbocycles. The van der Waals surface area contributed by atoms with Gasteiger partial charge in [-0.05, 0) is 49.8 Å². The van der Waals surface area contributed by atoms with Crippen molar-refractivity contribution in [3.63, 3.8) is 0 Å². The molecule has 4 atom stereocenters. The van der Waals surface area contributed by atoms with Gasteiger partial charge in [-0.3, -0.25) is 9.59 Å². The number of aryl methyl sites for hydroxylation is 2. The van der Waals surface area contributed by atoms with Crippen molar-refractivity contribution >= 4 is 11.9 Å². The number of carbonyl (C=O) groups excluding carboxylic acids is 1. The largest absolute Gasteiger partial charge is 0.481 e. The van der Waals surface area contributed by atoms with Gasteiger partial charge >= 0.3 is 5.97 Å². The Morgan fingerprint density at radius 1 is 1.19 bits per heavy atom. The predicted molar refractivity (Wildman–Crippen MR) is 100 cm³/mol. The van der Waals surface area contributed by atoms with Gasteiger partial charge in [0.1, 0.15) is 0 Å². The zero-order valence-corrected chi connectivity index (χ0v) is 15.4. The number of carbonyl (C=O) groups is 2. The Kier molecular flexibility index (Phi) is 4.34. The van der Waals surface area contributed by atoms with Gasteiger partial charge in [-0.2, -0.15) is 5.10 Å². The van der Waals surface area contributed by atoms with Crippen molar-refractivity contribution in [2.45, 2.75) is 26.8 Å². The molecule has 1 amide bonds. The highest BCUT2D eigenvalue weighted by Gasteiger charge is 2.51. The van der Waals surface area contributed by atoms with Crippen LogP contribution in [0.2, 0.25) is 0 Å². The highest BCUT2D eigenvalue weighted by molar-refractivity contribution is 5.86. The van der Waals surface area contributed by atoms with Crippen LogP contribution >= 0.6 is 0 Å². The number of hydrogen-bond acceptors (Lipinski definition) is 3. The van der Waals surface area contributed by atoms with Gasteiger partial charge in [0, 0.05) is 12.2 Å². The molecule has 6 heteroatoms. The average molecular weight is 365 g/mol. The quantitative estimate of drug-likeness (QED) is 0.798. The van der Waals surface area contributed by atoms with Crippen molar-refractivity contribution < 1.29 is 14.7 Å². The molecule has 2 aromatic rings. The number of nitrogens with one attached hydrogen (secondary N) is 1. The molecule has 1 heterocycles. The second-order valence-corrected chi connectivity index (χ2v) is 7.52. The Morgan fingerprint density at radius 3 is 2.56 bits per heavy atom. The zero-order valence-electron chi connectivity index (χ0n) is 15.4. The molecule has 6 nitrogen and oxygen atoms in total. The molecule has 0 radical (unpaired) electrons. The van der Waals surface area contributed by atoms with Crippen LogP contribution in [0.15, 0.2) is 42.5 Å². The Hall–Kier alpha value is -2.89. The fourth-order valence-electron chi connectivity index (χ4n) is 4.56. The minimum absolute atomic E-state index is 0.0229. The van der Waals surface area contributed by atoms with Gasteiger partial charge in [-0.15, -0.1) is 0 Å². The number of hydrogen-bond donors (Lipinski definition) is 2. The van der Waals surface area contributed by atoms with Crippen LogP contribution < -0.4 is 5.32 Å². The molecule has 1 aromatic carbocycles. The normalized spacial score (nSPS) is 25.7. The number of carboxylic acids is 1. The van der Waals surface area contributed by atoms with E-state index in [1.165, 1.54) is 0 Å². The first-order valence-corrected chi connectivity index (χ1v) is 9.26. The van der Waals surface area contributed by atoms with E-state index in [0.717, 1.165) is 29.1 Å². The van der Waals surface area contributed by atoms with E-state index in [0.29, 0.717) is 6.54 Å². The molecule has 1 aromatic heterocycles. The van der Waals surface area contributed by atoms with Gasteiger partial charge in [0.2, 0.25) is 5.91 Å². The van der Waals surface area contributed by atoms with Crippen LogP contribution in [0.1, 0.15) is 23.4 Å². The molecule has 4 rings (SSSR count). The SMILES string of the molecule is Cc1cc(C)n(-c2ccccc2CNC(=O)C2C3C=CC(C3)C2C(=O)O)n1. The van der Waals surface area contributed by atoms with Crippen LogP contribution in [0.4, 0.5) is 0 Å². The predicted octanol–water partition coefficient (Wildman–Crippen LogP) is 2.63. The van der Waals surface area contributed by atoms with Crippen molar-refractivity contribution in [1.29, 1.82) is 0 Å². The van der Waals surface area contributed by atoms with E-state index in [9.17, 15) is 14.7 Å². The van der Waals surface area contributed by atoms with E-state index in [1.807, 2.05) is 61.0 Å². The maximum atomic E-state index is 12.8. The Bertz CT molecular complexity index is 931. The summed E-state index contributed by atoms with van der Waals surface area (Å²) in [7, 11) is 0. The molecule has 0 saturated heterocycles.